The number of amides is 2. The highest BCUT2D eigenvalue weighted by atomic mass is 16.5. The highest BCUT2D eigenvalue weighted by Gasteiger charge is 2.37. The van der Waals surface area contributed by atoms with Crippen LogP contribution in [0.1, 0.15) is 34.5 Å². The number of carbonyl (C=O) groups is 2. The topological polar surface area (TPSA) is 116 Å². The van der Waals surface area contributed by atoms with Gasteiger partial charge in [-0.3, -0.25) is 9.59 Å². The molecule has 1 aliphatic heterocycles. The molecule has 1 unspecified atom stereocenters. The number of allylic oxidation sites excluding steroid dienone is 1. The first-order chi connectivity index (χ1) is 19.8. The van der Waals surface area contributed by atoms with Crippen molar-refractivity contribution in [1.29, 1.82) is 0 Å². The zero-order valence-electron chi connectivity index (χ0n) is 23.4. The number of aryl methyl sites for hydroxylation is 1. The Hall–Kier alpha value is -5.25. The first kappa shape index (κ1) is 27.3. The average Bonchev–Trinajstić information content (AvgIpc) is 3.40. The number of methoxy groups -OCH3 is 3. The summed E-state index contributed by atoms with van der Waals surface area (Å²) in [5.74, 6) is 1.57. The van der Waals surface area contributed by atoms with Crippen LogP contribution in [0.15, 0.2) is 84.2 Å². The SMILES string of the molecule is COc1ccc(NC(=O)C2=C(C)Nc3c(C(=O)Nc4cccc(C)c4)cnn3C2c2ccc(OC)cc2OC)cc1. The molecule has 0 saturated heterocycles. The van der Waals surface area contributed by atoms with Crippen LogP contribution in [0, 0.1) is 6.92 Å². The highest BCUT2D eigenvalue weighted by molar-refractivity contribution is 6.09. The Bertz CT molecular complexity index is 1640. The summed E-state index contributed by atoms with van der Waals surface area (Å²) in [7, 11) is 4.71. The summed E-state index contributed by atoms with van der Waals surface area (Å²) in [6.07, 6.45) is 1.49. The van der Waals surface area contributed by atoms with Crippen LogP contribution in [0.2, 0.25) is 0 Å². The Morgan fingerprint density at radius 3 is 2.22 bits per heavy atom. The van der Waals surface area contributed by atoms with Gasteiger partial charge in [0.25, 0.3) is 11.8 Å². The van der Waals surface area contributed by atoms with E-state index < -0.39 is 6.04 Å². The predicted molar refractivity (Wildman–Crippen MR) is 157 cm³/mol. The third-order valence-electron chi connectivity index (χ3n) is 6.87. The molecule has 1 aliphatic rings. The zero-order valence-corrected chi connectivity index (χ0v) is 23.4. The molecule has 10 heteroatoms. The van der Waals surface area contributed by atoms with Crippen molar-refractivity contribution in [3.05, 3.63) is 101 Å². The van der Waals surface area contributed by atoms with Gasteiger partial charge in [-0.1, -0.05) is 12.1 Å². The van der Waals surface area contributed by atoms with Crippen LogP contribution in [0.3, 0.4) is 0 Å². The average molecular weight is 554 g/mol. The van der Waals surface area contributed by atoms with Gasteiger partial charge >= 0.3 is 0 Å². The fourth-order valence-electron chi connectivity index (χ4n) is 4.84. The Kier molecular flexibility index (Phi) is 7.64. The van der Waals surface area contributed by atoms with E-state index in [0.717, 1.165) is 5.56 Å². The quantitative estimate of drug-likeness (QED) is 0.268. The second kappa shape index (κ2) is 11.5. The number of nitrogens with one attached hydrogen (secondary N) is 3. The van der Waals surface area contributed by atoms with Gasteiger partial charge in [-0.25, -0.2) is 4.68 Å². The lowest BCUT2D eigenvalue weighted by atomic mass is 9.93. The second-order valence-corrected chi connectivity index (χ2v) is 9.53. The zero-order chi connectivity index (χ0) is 29.1. The molecule has 0 saturated carbocycles. The molecule has 3 aromatic carbocycles. The molecule has 210 valence electrons. The normalized spacial score (nSPS) is 14.0. The summed E-state index contributed by atoms with van der Waals surface area (Å²) < 4.78 is 18.0. The van der Waals surface area contributed by atoms with Crippen LogP contribution >= 0.6 is 0 Å². The monoisotopic (exact) mass is 553 g/mol. The van der Waals surface area contributed by atoms with E-state index in [-0.39, 0.29) is 11.8 Å². The van der Waals surface area contributed by atoms with Crippen LogP contribution in [0.5, 0.6) is 17.2 Å². The maximum absolute atomic E-state index is 13.8. The molecule has 0 aliphatic carbocycles. The minimum Gasteiger partial charge on any atom is -0.497 e. The Morgan fingerprint density at radius 2 is 1.54 bits per heavy atom. The van der Waals surface area contributed by atoms with Crippen LogP contribution in [-0.2, 0) is 4.79 Å². The van der Waals surface area contributed by atoms with Gasteiger partial charge in [0.2, 0.25) is 0 Å². The molecule has 5 rings (SSSR count). The van der Waals surface area contributed by atoms with Crippen LogP contribution < -0.4 is 30.2 Å². The summed E-state index contributed by atoms with van der Waals surface area (Å²) >= 11 is 0. The van der Waals surface area contributed by atoms with Gasteiger partial charge in [0, 0.05) is 28.7 Å². The van der Waals surface area contributed by atoms with E-state index in [4.69, 9.17) is 14.2 Å². The van der Waals surface area contributed by atoms with Crippen LogP contribution in [0.4, 0.5) is 17.2 Å². The third kappa shape index (κ3) is 5.44. The Morgan fingerprint density at radius 1 is 0.829 bits per heavy atom. The minimum atomic E-state index is -0.717. The number of benzene rings is 3. The fourth-order valence-corrected chi connectivity index (χ4v) is 4.84. The van der Waals surface area contributed by atoms with Gasteiger partial charge < -0.3 is 30.2 Å². The summed E-state index contributed by atoms with van der Waals surface area (Å²) in [5, 5.41) is 13.8. The van der Waals surface area contributed by atoms with Gasteiger partial charge in [0.15, 0.2) is 0 Å². The first-order valence-electron chi connectivity index (χ1n) is 12.9. The molecule has 41 heavy (non-hydrogen) atoms. The van der Waals surface area contributed by atoms with Crippen molar-refractivity contribution in [3.63, 3.8) is 0 Å². The number of carbonyl (C=O) groups excluding carboxylic acids is 2. The smallest absolute Gasteiger partial charge is 0.261 e. The number of hydrogen-bond donors (Lipinski definition) is 3. The van der Waals surface area contributed by atoms with Gasteiger partial charge in [0.1, 0.15) is 34.7 Å². The Labute approximate surface area is 237 Å². The number of aromatic nitrogens is 2. The maximum Gasteiger partial charge on any atom is 0.261 e. The summed E-state index contributed by atoms with van der Waals surface area (Å²) in [4.78, 5) is 27.2. The fraction of sp³-hybridized carbons (Fsp3) is 0.194. The molecule has 0 fully saturated rings. The van der Waals surface area contributed by atoms with E-state index >= 15 is 0 Å². The lowest BCUT2D eigenvalue weighted by molar-refractivity contribution is -0.113. The first-order valence-corrected chi connectivity index (χ1v) is 12.9. The summed E-state index contributed by atoms with van der Waals surface area (Å²) in [6.45, 7) is 3.75. The number of fused-ring (bicyclic) bond motifs is 1. The lowest BCUT2D eigenvalue weighted by Gasteiger charge is -2.31. The summed E-state index contributed by atoms with van der Waals surface area (Å²) in [6, 6.07) is 19.3. The number of ether oxygens (including phenoxy) is 3. The van der Waals surface area contributed by atoms with E-state index in [1.165, 1.54) is 6.20 Å². The molecular weight excluding hydrogens is 522 g/mol. The van der Waals surface area contributed by atoms with Crippen molar-refractivity contribution < 1.29 is 23.8 Å². The molecule has 1 atom stereocenters. The molecule has 0 bridgehead atoms. The van der Waals surface area contributed by atoms with E-state index in [1.807, 2.05) is 37.3 Å². The molecule has 0 spiro atoms. The van der Waals surface area contributed by atoms with Gasteiger partial charge in [-0.05, 0) is 67.9 Å². The van der Waals surface area contributed by atoms with Gasteiger partial charge in [0.05, 0.1) is 33.1 Å². The van der Waals surface area contributed by atoms with Crippen molar-refractivity contribution in [2.75, 3.05) is 37.3 Å². The highest BCUT2D eigenvalue weighted by Crippen LogP contribution is 2.42. The number of hydrogen-bond acceptors (Lipinski definition) is 7. The van der Waals surface area contributed by atoms with Gasteiger partial charge in [-0.2, -0.15) is 5.10 Å². The number of nitrogens with zero attached hydrogens (tertiary/aromatic N) is 2. The molecule has 1 aromatic heterocycles. The molecule has 2 amide bonds. The summed E-state index contributed by atoms with van der Waals surface area (Å²) in [5.41, 5.74) is 4.27. The largest absolute Gasteiger partial charge is 0.497 e. The number of rotatable bonds is 8. The molecule has 0 radical (unpaired) electrons. The van der Waals surface area contributed by atoms with Crippen molar-refractivity contribution in [3.8, 4) is 17.2 Å². The molecule has 10 nitrogen and oxygen atoms in total. The van der Waals surface area contributed by atoms with E-state index in [2.05, 4.69) is 21.0 Å². The van der Waals surface area contributed by atoms with Crippen LogP contribution in [-0.4, -0.2) is 42.9 Å². The van der Waals surface area contributed by atoms with E-state index in [1.54, 1.807) is 69.3 Å². The van der Waals surface area contributed by atoms with Crippen molar-refractivity contribution in [2.24, 2.45) is 0 Å². The number of anilines is 3. The predicted octanol–water partition coefficient (Wildman–Crippen LogP) is 5.40. The second-order valence-electron chi connectivity index (χ2n) is 9.53. The molecule has 3 N–H and O–H groups in total. The molecule has 4 aromatic rings. The maximum atomic E-state index is 13.8. The molecule has 2 heterocycles. The molecular formula is C31H31N5O5. The van der Waals surface area contributed by atoms with Gasteiger partial charge in [-0.15, -0.1) is 0 Å². The van der Waals surface area contributed by atoms with Crippen LogP contribution in [0.25, 0.3) is 0 Å². The lowest BCUT2D eigenvalue weighted by Crippen LogP contribution is -2.32. The Balaban J connectivity index is 1.57. The van der Waals surface area contributed by atoms with E-state index in [9.17, 15) is 9.59 Å². The van der Waals surface area contributed by atoms with E-state index in [0.29, 0.717) is 56.8 Å². The third-order valence-corrected chi connectivity index (χ3v) is 6.87. The standard InChI is InChI=1S/C31H31N5O5/c1-18-7-6-8-21(15-18)35-30(37)25-17-32-36-28(24-14-13-23(40-4)16-26(24)41-5)27(19(2)33-29(25)36)31(38)34-20-9-11-22(39-3)12-10-20/h6-17,28,33H,1-5H3,(H,34,38)(H,35,37). The van der Waals surface area contributed by atoms with Crippen molar-refractivity contribution in [2.45, 2.75) is 19.9 Å². The minimum absolute atomic E-state index is 0.330. The van der Waals surface area contributed by atoms with Crippen molar-refractivity contribution in [1.82, 2.24) is 9.78 Å². The van der Waals surface area contributed by atoms with Crippen molar-refractivity contribution >= 4 is 29.0 Å².